The molecule has 0 fully saturated rings. The minimum absolute atomic E-state index is 0.513. The van der Waals surface area contributed by atoms with E-state index in [0.717, 1.165) is 37.4 Å². The van der Waals surface area contributed by atoms with Crippen molar-refractivity contribution in [3.63, 3.8) is 0 Å². The van der Waals surface area contributed by atoms with Gasteiger partial charge in [-0.05, 0) is 47.5 Å². The Kier molecular flexibility index (Phi) is 6.34. The number of ether oxygens (including phenoxy) is 3. The number of rotatable bonds is 8. The third-order valence-corrected chi connectivity index (χ3v) is 5.75. The van der Waals surface area contributed by atoms with Gasteiger partial charge in [0.2, 0.25) is 0 Å². The summed E-state index contributed by atoms with van der Waals surface area (Å²) in [6.07, 6.45) is 2.29. The van der Waals surface area contributed by atoms with Crippen molar-refractivity contribution in [3.05, 3.63) is 45.6 Å². The fraction of sp³-hybridized carbons (Fsp3) is 0.500. The summed E-state index contributed by atoms with van der Waals surface area (Å²) in [5.41, 5.74) is 2.78. The highest BCUT2D eigenvalue weighted by molar-refractivity contribution is 7.10. The van der Waals surface area contributed by atoms with E-state index in [2.05, 4.69) is 35.4 Å². The molecule has 3 rings (SSSR count). The van der Waals surface area contributed by atoms with Crippen LogP contribution in [0.25, 0.3) is 0 Å². The molecule has 1 atom stereocenters. The Morgan fingerprint density at radius 2 is 2.04 bits per heavy atom. The van der Waals surface area contributed by atoms with Crippen molar-refractivity contribution in [2.45, 2.75) is 32.4 Å². The number of nitrogens with zero attached hydrogens (tertiary/aromatic N) is 1. The van der Waals surface area contributed by atoms with Crippen LogP contribution < -0.4 is 9.47 Å². The smallest absolute Gasteiger partial charge is 0.161 e. The second kappa shape index (κ2) is 8.70. The molecular weight excluding hydrogens is 334 g/mol. The molecule has 1 aliphatic rings. The number of benzene rings is 1. The maximum atomic E-state index is 5.73. The van der Waals surface area contributed by atoms with Gasteiger partial charge in [-0.25, -0.2) is 0 Å². The molecule has 0 aliphatic carbocycles. The van der Waals surface area contributed by atoms with E-state index in [0.29, 0.717) is 19.3 Å². The van der Waals surface area contributed by atoms with Gasteiger partial charge < -0.3 is 14.2 Å². The molecule has 0 radical (unpaired) electrons. The summed E-state index contributed by atoms with van der Waals surface area (Å²) in [6, 6.07) is 9.05. The van der Waals surface area contributed by atoms with Crippen LogP contribution in [0.3, 0.4) is 0 Å². The van der Waals surface area contributed by atoms with Gasteiger partial charge in [0.1, 0.15) is 6.61 Å². The van der Waals surface area contributed by atoms with E-state index in [9.17, 15) is 0 Å². The molecule has 2 heterocycles. The molecule has 4 nitrogen and oxygen atoms in total. The normalized spacial score (nSPS) is 17.3. The van der Waals surface area contributed by atoms with Crippen LogP contribution in [0.2, 0.25) is 0 Å². The fourth-order valence-electron chi connectivity index (χ4n) is 3.51. The van der Waals surface area contributed by atoms with Gasteiger partial charge in [0.15, 0.2) is 11.5 Å². The molecule has 1 unspecified atom stereocenters. The van der Waals surface area contributed by atoms with Crippen LogP contribution in [-0.4, -0.2) is 38.9 Å². The second-order valence-corrected chi connectivity index (χ2v) is 7.27. The number of hydrogen-bond acceptors (Lipinski definition) is 5. The molecule has 1 aliphatic heterocycles. The van der Waals surface area contributed by atoms with E-state index in [1.165, 1.54) is 11.1 Å². The maximum Gasteiger partial charge on any atom is 0.161 e. The summed E-state index contributed by atoms with van der Waals surface area (Å²) >= 11 is 1.90. The Bertz CT molecular complexity index is 685. The minimum Gasteiger partial charge on any atom is -0.493 e. The summed E-state index contributed by atoms with van der Waals surface area (Å²) in [4.78, 5) is 4.14. The van der Waals surface area contributed by atoms with Crippen LogP contribution in [0.15, 0.2) is 29.6 Å². The van der Waals surface area contributed by atoms with Crippen molar-refractivity contribution < 1.29 is 14.2 Å². The van der Waals surface area contributed by atoms with Gasteiger partial charge in [0.05, 0.1) is 13.7 Å². The lowest BCUT2D eigenvalue weighted by atomic mass is 9.97. The quantitative estimate of drug-likeness (QED) is 0.656. The van der Waals surface area contributed by atoms with Crippen molar-refractivity contribution >= 4 is 11.3 Å². The monoisotopic (exact) mass is 361 g/mol. The number of hydrogen-bond donors (Lipinski definition) is 0. The molecule has 0 amide bonds. The highest BCUT2D eigenvalue weighted by Gasteiger charge is 2.26. The largest absolute Gasteiger partial charge is 0.493 e. The van der Waals surface area contributed by atoms with E-state index < -0.39 is 0 Å². The SMILES string of the molecule is CCC1c2ccsc2CCN1Cc1ccc(OCCOC)c(OC)c1. The minimum atomic E-state index is 0.513. The zero-order valence-electron chi connectivity index (χ0n) is 15.3. The molecular formula is C20H27NO3S. The van der Waals surface area contributed by atoms with Crippen molar-refractivity contribution in [2.75, 3.05) is 34.0 Å². The van der Waals surface area contributed by atoms with E-state index in [1.54, 1.807) is 19.1 Å². The van der Waals surface area contributed by atoms with Crippen LogP contribution in [-0.2, 0) is 17.7 Å². The van der Waals surface area contributed by atoms with Gasteiger partial charge >= 0.3 is 0 Å². The van der Waals surface area contributed by atoms with Gasteiger partial charge in [-0.15, -0.1) is 11.3 Å². The molecule has 136 valence electrons. The van der Waals surface area contributed by atoms with Crippen LogP contribution in [0, 0.1) is 0 Å². The van der Waals surface area contributed by atoms with Crippen LogP contribution in [0.1, 0.15) is 35.4 Å². The van der Waals surface area contributed by atoms with Gasteiger partial charge in [-0.1, -0.05) is 13.0 Å². The van der Waals surface area contributed by atoms with Crippen LogP contribution in [0.5, 0.6) is 11.5 Å². The number of methoxy groups -OCH3 is 2. The first kappa shape index (κ1) is 18.2. The molecule has 5 heteroatoms. The van der Waals surface area contributed by atoms with Gasteiger partial charge in [0.25, 0.3) is 0 Å². The summed E-state index contributed by atoms with van der Waals surface area (Å²) < 4.78 is 16.3. The Hall–Kier alpha value is -1.56. The van der Waals surface area contributed by atoms with Gasteiger partial charge in [0, 0.05) is 31.1 Å². The zero-order valence-corrected chi connectivity index (χ0v) is 16.1. The van der Waals surface area contributed by atoms with Gasteiger partial charge in [-0.2, -0.15) is 0 Å². The molecule has 0 spiro atoms. The van der Waals surface area contributed by atoms with E-state index in [1.807, 2.05) is 17.4 Å². The lowest BCUT2D eigenvalue weighted by Gasteiger charge is -2.35. The topological polar surface area (TPSA) is 30.9 Å². The predicted molar refractivity (Wildman–Crippen MR) is 102 cm³/mol. The van der Waals surface area contributed by atoms with Crippen molar-refractivity contribution in [2.24, 2.45) is 0 Å². The maximum absolute atomic E-state index is 5.73. The van der Waals surface area contributed by atoms with E-state index >= 15 is 0 Å². The molecule has 0 N–H and O–H groups in total. The van der Waals surface area contributed by atoms with Crippen LogP contribution in [0.4, 0.5) is 0 Å². The molecule has 2 aromatic rings. The Morgan fingerprint density at radius 1 is 1.16 bits per heavy atom. The lowest BCUT2D eigenvalue weighted by Crippen LogP contribution is -2.33. The highest BCUT2D eigenvalue weighted by atomic mass is 32.1. The van der Waals surface area contributed by atoms with Crippen molar-refractivity contribution in [3.8, 4) is 11.5 Å². The fourth-order valence-corrected chi connectivity index (χ4v) is 4.44. The van der Waals surface area contributed by atoms with E-state index in [4.69, 9.17) is 14.2 Å². The molecule has 1 aromatic carbocycles. The Labute approximate surface area is 154 Å². The standard InChI is InChI=1S/C20H27NO3S/c1-4-17-16-8-12-25-20(16)7-9-21(17)14-15-5-6-18(19(13-15)23-3)24-11-10-22-2/h5-6,8,12-13,17H,4,7,9-11,14H2,1-3H3. The molecule has 0 bridgehead atoms. The summed E-state index contributed by atoms with van der Waals surface area (Å²) in [7, 11) is 3.36. The van der Waals surface area contributed by atoms with E-state index in [-0.39, 0.29) is 0 Å². The highest BCUT2D eigenvalue weighted by Crippen LogP contribution is 2.37. The summed E-state index contributed by atoms with van der Waals surface area (Å²) in [5, 5.41) is 2.23. The predicted octanol–water partition coefficient (Wildman–Crippen LogP) is 4.29. The zero-order chi connectivity index (χ0) is 17.6. The van der Waals surface area contributed by atoms with Crippen molar-refractivity contribution in [1.82, 2.24) is 4.90 Å². The lowest BCUT2D eigenvalue weighted by molar-refractivity contribution is 0.144. The Morgan fingerprint density at radius 3 is 2.80 bits per heavy atom. The third-order valence-electron chi connectivity index (χ3n) is 4.75. The molecule has 0 saturated heterocycles. The first-order valence-electron chi connectivity index (χ1n) is 8.85. The second-order valence-electron chi connectivity index (χ2n) is 6.27. The first-order chi connectivity index (χ1) is 12.3. The Balaban J connectivity index is 1.72. The van der Waals surface area contributed by atoms with Gasteiger partial charge in [-0.3, -0.25) is 4.90 Å². The average molecular weight is 362 g/mol. The number of fused-ring (bicyclic) bond motifs is 1. The molecule has 1 aromatic heterocycles. The first-order valence-corrected chi connectivity index (χ1v) is 9.73. The number of thiophene rings is 1. The summed E-state index contributed by atoms with van der Waals surface area (Å²) in [6.45, 7) is 5.41. The van der Waals surface area contributed by atoms with Crippen molar-refractivity contribution in [1.29, 1.82) is 0 Å². The third kappa shape index (κ3) is 4.17. The molecule has 25 heavy (non-hydrogen) atoms. The van der Waals surface area contributed by atoms with Crippen LogP contribution >= 0.6 is 11.3 Å². The average Bonchev–Trinajstić information content (AvgIpc) is 3.11. The summed E-state index contributed by atoms with van der Waals surface area (Å²) in [5.74, 6) is 1.56. The molecule has 0 saturated carbocycles.